The van der Waals surface area contributed by atoms with Crippen molar-refractivity contribution in [3.63, 3.8) is 0 Å². The summed E-state index contributed by atoms with van der Waals surface area (Å²) in [5.74, 6) is -1.06. The van der Waals surface area contributed by atoms with Crippen LogP contribution in [-0.4, -0.2) is 135 Å². The van der Waals surface area contributed by atoms with E-state index in [1.165, 1.54) is 0 Å². The zero-order valence-electron chi connectivity index (χ0n) is 22.4. The molecule has 0 aromatic heterocycles. The van der Waals surface area contributed by atoms with Crippen molar-refractivity contribution in [1.82, 2.24) is 19.6 Å². The predicted molar refractivity (Wildman–Crippen MR) is 132 cm³/mol. The maximum Gasteiger partial charge on any atom is 0.236 e. The Balaban J connectivity index is 1.45. The van der Waals surface area contributed by atoms with Crippen LogP contribution in [0.5, 0.6) is 0 Å². The van der Waals surface area contributed by atoms with E-state index in [4.69, 9.17) is 18.9 Å². The van der Waals surface area contributed by atoms with Crippen LogP contribution < -0.4 is 0 Å². The summed E-state index contributed by atoms with van der Waals surface area (Å²) < 4.78 is 25.3. The van der Waals surface area contributed by atoms with Gasteiger partial charge in [0.25, 0.3) is 0 Å². The Labute approximate surface area is 215 Å². The van der Waals surface area contributed by atoms with E-state index in [-0.39, 0.29) is 35.5 Å². The fourth-order valence-electron chi connectivity index (χ4n) is 7.70. The van der Waals surface area contributed by atoms with Gasteiger partial charge in [-0.3, -0.25) is 19.4 Å². The fraction of sp³-hybridized carbons (Fsp3) is 0.923. The summed E-state index contributed by atoms with van der Waals surface area (Å²) in [6.45, 7) is 16.1. The van der Waals surface area contributed by atoms with Gasteiger partial charge in [-0.2, -0.15) is 0 Å². The maximum absolute atomic E-state index is 13.6. The van der Waals surface area contributed by atoms with Crippen LogP contribution in [0.1, 0.15) is 27.7 Å². The van der Waals surface area contributed by atoms with E-state index >= 15 is 0 Å². The Kier molecular flexibility index (Phi) is 7.64. The van der Waals surface area contributed by atoms with Crippen LogP contribution in [0.2, 0.25) is 0 Å². The lowest BCUT2D eigenvalue weighted by Gasteiger charge is -2.59. The Morgan fingerprint density at radius 1 is 0.556 bits per heavy atom. The van der Waals surface area contributed by atoms with Crippen LogP contribution in [0.4, 0.5) is 0 Å². The third kappa shape index (κ3) is 4.37. The summed E-state index contributed by atoms with van der Waals surface area (Å²) in [4.78, 5) is 35.8. The first kappa shape index (κ1) is 26.3. The first-order chi connectivity index (χ1) is 17.4. The quantitative estimate of drug-likeness (QED) is 0.434. The average molecular weight is 509 g/mol. The Hall–Kier alpha value is -1.30. The first-order valence-corrected chi connectivity index (χ1v) is 13.9. The molecule has 8 bridgehead atoms. The molecule has 0 radical (unpaired) electrons. The maximum atomic E-state index is 13.6. The summed E-state index contributed by atoms with van der Waals surface area (Å²) in [6.07, 6.45) is 0. The fourth-order valence-corrected chi connectivity index (χ4v) is 7.70. The molecule has 10 heteroatoms. The highest BCUT2D eigenvalue weighted by molar-refractivity contribution is 5.80. The summed E-state index contributed by atoms with van der Waals surface area (Å²) in [5.41, 5.74) is 0. The van der Waals surface area contributed by atoms with E-state index in [1.807, 2.05) is 37.5 Å². The van der Waals surface area contributed by atoms with Gasteiger partial charge in [0, 0.05) is 102 Å². The van der Waals surface area contributed by atoms with Crippen LogP contribution in [0, 0.1) is 23.7 Å². The molecular formula is C26H44N4O6. The van der Waals surface area contributed by atoms with Gasteiger partial charge in [-0.25, -0.2) is 0 Å². The van der Waals surface area contributed by atoms with Crippen LogP contribution in [0.15, 0.2) is 0 Å². The van der Waals surface area contributed by atoms with Gasteiger partial charge in [-0.05, 0) is 27.7 Å². The van der Waals surface area contributed by atoms with Gasteiger partial charge in [0.2, 0.25) is 11.8 Å². The molecule has 204 valence electrons. The number of carbonyl (C=O) groups is 2. The lowest BCUT2D eigenvalue weighted by atomic mass is 9.76. The number of hydrogen-bond acceptors (Lipinski definition) is 8. The van der Waals surface area contributed by atoms with Gasteiger partial charge in [0.15, 0.2) is 11.6 Å². The Bertz CT molecular complexity index is 736. The lowest BCUT2D eigenvalue weighted by molar-refractivity contribution is -0.329. The molecule has 0 atom stereocenters. The summed E-state index contributed by atoms with van der Waals surface area (Å²) >= 11 is 0. The zero-order valence-corrected chi connectivity index (χ0v) is 22.4. The van der Waals surface area contributed by atoms with E-state index in [1.54, 1.807) is 0 Å². The third-order valence-electron chi connectivity index (χ3n) is 8.86. The minimum absolute atomic E-state index is 0.0671. The van der Waals surface area contributed by atoms with Crippen molar-refractivity contribution < 1.29 is 28.5 Å². The lowest BCUT2D eigenvalue weighted by Crippen LogP contribution is -2.73. The molecule has 8 fully saturated rings. The van der Waals surface area contributed by atoms with Crippen molar-refractivity contribution in [1.29, 1.82) is 0 Å². The Morgan fingerprint density at radius 2 is 0.833 bits per heavy atom. The molecule has 8 saturated heterocycles. The van der Waals surface area contributed by atoms with Crippen LogP contribution in [0.25, 0.3) is 0 Å². The second-order valence-electron chi connectivity index (χ2n) is 10.9. The van der Waals surface area contributed by atoms with Gasteiger partial charge in [-0.15, -0.1) is 0 Å². The summed E-state index contributed by atoms with van der Waals surface area (Å²) in [7, 11) is 0. The molecule has 10 nitrogen and oxygen atoms in total. The topological polar surface area (TPSA) is 84.0 Å². The molecule has 0 aliphatic carbocycles. The molecular weight excluding hydrogens is 464 g/mol. The van der Waals surface area contributed by atoms with Gasteiger partial charge < -0.3 is 28.7 Å². The molecule has 8 aliphatic rings. The second-order valence-corrected chi connectivity index (χ2v) is 10.9. The van der Waals surface area contributed by atoms with Crippen LogP contribution >= 0.6 is 0 Å². The largest absolute Gasteiger partial charge is 0.349 e. The number of hydrogen-bond donors (Lipinski definition) is 0. The molecule has 0 saturated carbocycles. The van der Waals surface area contributed by atoms with E-state index in [0.29, 0.717) is 65.7 Å². The molecule has 0 spiro atoms. The van der Waals surface area contributed by atoms with E-state index in [2.05, 4.69) is 9.80 Å². The van der Waals surface area contributed by atoms with Gasteiger partial charge >= 0.3 is 0 Å². The van der Waals surface area contributed by atoms with Gasteiger partial charge in [0.1, 0.15) is 0 Å². The molecule has 36 heavy (non-hydrogen) atoms. The SMILES string of the molecule is CCOC1(OCC)C2CN3CC(=O)N4CC5CN(CC(C4)C5(OCC)OCC)C(=O)CN(C2)CC1C3. The molecule has 8 aliphatic heterocycles. The summed E-state index contributed by atoms with van der Waals surface area (Å²) in [5, 5.41) is 0. The van der Waals surface area contributed by atoms with Crippen molar-refractivity contribution in [3.8, 4) is 0 Å². The number of amides is 2. The highest BCUT2D eigenvalue weighted by Crippen LogP contribution is 2.44. The van der Waals surface area contributed by atoms with Crippen LogP contribution in [0.3, 0.4) is 0 Å². The number of rotatable bonds is 8. The van der Waals surface area contributed by atoms with Crippen molar-refractivity contribution in [3.05, 3.63) is 0 Å². The summed E-state index contributed by atoms with van der Waals surface area (Å²) in [6, 6.07) is 0. The number of ether oxygens (including phenoxy) is 4. The molecule has 8 rings (SSSR count). The van der Waals surface area contributed by atoms with Crippen molar-refractivity contribution in [2.24, 2.45) is 23.7 Å². The standard InChI is InChI=1S/C26H44N4O6/c1-5-33-25(34-6-2)19-9-27-11-20(25)12-28(10-19)18-24(32)30-15-21-13-29(23(31)17-27)14-22(16-30)26(21,35-7-3)36-8-4/h19-22H,5-18H2,1-4H3. The third-order valence-corrected chi connectivity index (χ3v) is 8.86. The smallest absolute Gasteiger partial charge is 0.236 e. The monoisotopic (exact) mass is 508 g/mol. The van der Waals surface area contributed by atoms with Crippen molar-refractivity contribution in [2.75, 3.05) is 91.9 Å². The van der Waals surface area contributed by atoms with E-state index in [0.717, 1.165) is 26.2 Å². The molecule has 0 aromatic rings. The van der Waals surface area contributed by atoms with Crippen molar-refractivity contribution in [2.45, 2.75) is 39.3 Å². The van der Waals surface area contributed by atoms with Gasteiger partial charge in [-0.1, -0.05) is 0 Å². The highest BCUT2D eigenvalue weighted by atomic mass is 16.7. The van der Waals surface area contributed by atoms with E-state index in [9.17, 15) is 9.59 Å². The normalized spacial score (nSPS) is 37.1. The van der Waals surface area contributed by atoms with Crippen molar-refractivity contribution >= 4 is 11.8 Å². The number of piperidine rings is 4. The first-order valence-electron chi connectivity index (χ1n) is 13.9. The molecule has 0 unspecified atom stereocenters. The molecule has 8 heterocycles. The minimum atomic E-state index is -0.735. The van der Waals surface area contributed by atoms with E-state index < -0.39 is 11.6 Å². The minimum Gasteiger partial charge on any atom is -0.349 e. The molecule has 0 N–H and O–H groups in total. The zero-order chi connectivity index (χ0) is 25.5. The molecule has 0 aromatic carbocycles. The number of nitrogens with zero attached hydrogens (tertiary/aromatic N) is 4. The average Bonchev–Trinajstić information content (AvgIpc) is 2.80. The van der Waals surface area contributed by atoms with Crippen LogP contribution in [-0.2, 0) is 28.5 Å². The predicted octanol–water partition coefficient (Wildman–Crippen LogP) is 0.319. The van der Waals surface area contributed by atoms with Gasteiger partial charge in [0.05, 0.1) is 13.1 Å². The number of carbonyl (C=O) groups excluding carboxylic acids is 2. The highest BCUT2D eigenvalue weighted by Gasteiger charge is 2.59. The Morgan fingerprint density at radius 3 is 1.11 bits per heavy atom. The second kappa shape index (κ2) is 10.5. The molecule has 2 amide bonds.